The van der Waals surface area contributed by atoms with Crippen LogP contribution >= 0.6 is 8.07 Å². The van der Waals surface area contributed by atoms with Crippen molar-refractivity contribution < 1.29 is 13.8 Å². The van der Waals surface area contributed by atoms with Gasteiger partial charge < -0.3 is 0 Å². The number of nitrogens with zero attached hydrogens (tertiary/aromatic N) is 1. The van der Waals surface area contributed by atoms with E-state index in [0.717, 1.165) is 38.8 Å². The minimum absolute atomic E-state index is 0.0489. The summed E-state index contributed by atoms with van der Waals surface area (Å²) in [5.74, 6) is 0. The lowest BCUT2D eigenvalue weighted by Crippen LogP contribution is -2.47. The number of hydrogen-bond acceptors (Lipinski definition) is 2. The van der Waals surface area contributed by atoms with Gasteiger partial charge in [-0.3, -0.25) is 4.79 Å². The van der Waals surface area contributed by atoms with Gasteiger partial charge in [-0.15, -0.1) is 0 Å². The second kappa shape index (κ2) is 5.74. The molecule has 1 atom stereocenters. The first-order valence-corrected chi connectivity index (χ1v) is 7.79. The number of quaternary nitrogens is 1. The summed E-state index contributed by atoms with van der Waals surface area (Å²) in [6.45, 7) is 7.79. The molecule has 1 N–H and O–H groups in total. The van der Waals surface area contributed by atoms with Gasteiger partial charge >= 0.3 is 11.7 Å². The fourth-order valence-electron chi connectivity index (χ4n) is 2.04. The van der Waals surface area contributed by atoms with Crippen LogP contribution in [0.15, 0.2) is 0 Å². The molecule has 1 aliphatic heterocycles. The summed E-state index contributed by atoms with van der Waals surface area (Å²) >= 11 is 0. The van der Waals surface area contributed by atoms with Crippen molar-refractivity contribution in [2.75, 3.05) is 19.8 Å². The lowest BCUT2D eigenvalue weighted by Gasteiger charge is -2.32. The molecule has 0 bridgehead atoms. The van der Waals surface area contributed by atoms with Gasteiger partial charge in [0.2, 0.25) is 8.07 Å². The molecule has 1 saturated heterocycles. The Hall–Kier alpha value is -0.470. The van der Waals surface area contributed by atoms with Crippen molar-refractivity contribution in [2.45, 2.75) is 39.5 Å². The van der Waals surface area contributed by atoms with Gasteiger partial charge in [-0.05, 0) is 12.8 Å². The largest absolute Gasteiger partial charge is 0.425 e. The van der Waals surface area contributed by atoms with Crippen LogP contribution in [0.3, 0.4) is 0 Å². The summed E-state index contributed by atoms with van der Waals surface area (Å²) in [6.07, 6.45) is 4.15. The molecular weight excluding hydrogens is 223 g/mol. The number of hydrogen-bond donors (Lipinski definition) is 1. The predicted molar refractivity (Wildman–Crippen MR) is 66.6 cm³/mol. The number of rotatable bonds is 6. The van der Waals surface area contributed by atoms with Crippen LogP contribution < -0.4 is 5.32 Å². The molecule has 0 saturated carbocycles. The molecule has 4 nitrogen and oxygen atoms in total. The van der Waals surface area contributed by atoms with Gasteiger partial charge in [0.1, 0.15) is 0 Å². The maximum atomic E-state index is 12.0. The van der Waals surface area contributed by atoms with Crippen LogP contribution in [0.5, 0.6) is 0 Å². The van der Waals surface area contributed by atoms with Gasteiger partial charge in [0.25, 0.3) is 0 Å². The van der Waals surface area contributed by atoms with Gasteiger partial charge in [-0.25, -0.2) is 14.4 Å². The van der Waals surface area contributed by atoms with Crippen molar-refractivity contribution in [3.05, 3.63) is 0 Å². The summed E-state index contributed by atoms with van der Waals surface area (Å²) < 4.78 is 0.385. The van der Waals surface area contributed by atoms with Crippen molar-refractivity contribution in [1.82, 2.24) is 5.32 Å². The minimum Gasteiger partial charge on any atom is -0.263 e. The highest BCUT2D eigenvalue weighted by Crippen LogP contribution is 2.49. The SMILES string of the molecule is CCCC[N+]1(CCCC)C(=O)NC(=O)P1C. The normalized spacial score (nSPS) is 23.6. The lowest BCUT2D eigenvalue weighted by atomic mass is 10.3. The van der Waals surface area contributed by atoms with Crippen molar-refractivity contribution in [3.63, 3.8) is 0 Å². The Morgan fingerprint density at radius 2 is 1.62 bits per heavy atom. The van der Waals surface area contributed by atoms with Crippen LogP contribution in [-0.4, -0.2) is 35.7 Å². The fraction of sp³-hybridized carbons (Fsp3) is 0.818. The molecular formula is C11H22N2O2P+. The van der Waals surface area contributed by atoms with Gasteiger partial charge in [-0.1, -0.05) is 26.7 Å². The van der Waals surface area contributed by atoms with Gasteiger partial charge in [0.05, 0.1) is 13.1 Å². The molecule has 1 fully saturated rings. The molecule has 0 radical (unpaired) electrons. The molecule has 1 aliphatic rings. The average molecular weight is 245 g/mol. The number of carbonyl (C=O) groups is 2. The molecule has 16 heavy (non-hydrogen) atoms. The molecule has 1 unspecified atom stereocenters. The van der Waals surface area contributed by atoms with Crippen LogP contribution in [0.2, 0.25) is 0 Å². The summed E-state index contributed by atoms with van der Waals surface area (Å²) in [6, 6.07) is -0.0690. The highest BCUT2D eigenvalue weighted by atomic mass is 31.1. The maximum absolute atomic E-state index is 12.0. The monoisotopic (exact) mass is 245 g/mol. The number of imide groups is 1. The zero-order valence-electron chi connectivity index (χ0n) is 10.5. The third-order valence-electron chi connectivity index (χ3n) is 3.22. The molecule has 0 aromatic rings. The molecule has 1 rings (SSSR count). The van der Waals surface area contributed by atoms with E-state index >= 15 is 0 Å². The van der Waals surface area contributed by atoms with E-state index < -0.39 is 8.07 Å². The highest BCUT2D eigenvalue weighted by Gasteiger charge is 2.53. The lowest BCUT2D eigenvalue weighted by molar-refractivity contribution is -0.719. The Morgan fingerprint density at radius 3 is 1.94 bits per heavy atom. The van der Waals surface area contributed by atoms with E-state index in [-0.39, 0.29) is 11.7 Å². The van der Waals surface area contributed by atoms with Crippen molar-refractivity contribution in [3.8, 4) is 0 Å². The van der Waals surface area contributed by atoms with Crippen LogP contribution in [0, 0.1) is 0 Å². The quantitative estimate of drug-likeness (QED) is 0.730. The first-order valence-electron chi connectivity index (χ1n) is 6.05. The molecule has 0 aromatic carbocycles. The van der Waals surface area contributed by atoms with E-state index in [9.17, 15) is 9.59 Å². The van der Waals surface area contributed by atoms with Gasteiger partial charge in [-0.2, -0.15) is 0 Å². The molecule has 5 heteroatoms. The number of urea groups is 1. The van der Waals surface area contributed by atoms with E-state index in [4.69, 9.17) is 0 Å². The summed E-state index contributed by atoms with van der Waals surface area (Å²) in [5, 5.41) is 2.50. The molecule has 0 aliphatic carbocycles. The van der Waals surface area contributed by atoms with Gasteiger partial charge in [0, 0.05) is 6.66 Å². The zero-order valence-corrected chi connectivity index (χ0v) is 11.3. The Labute approximate surface area is 98.8 Å². The number of unbranched alkanes of at least 4 members (excludes halogenated alkanes) is 2. The number of nitrogens with one attached hydrogen (secondary N) is 1. The third kappa shape index (κ3) is 2.44. The molecule has 0 spiro atoms. The standard InChI is InChI=1S/C11H21N2O2P/c1-4-6-8-13(9-7-5-2)10(14)12-11(15)16(13)3/h4-9H2,1-3H3/p+1. The van der Waals surface area contributed by atoms with Crippen LogP contribution in [0.4, 0.5) is 9.59 Å². The van der Waals surface area contributed by atoms with E-state index in [2.05, 4.69) is 19.2 Å². The first kappa shape index (κ1) is 13.6. The van der Waals surface area contributed by atoms with Crippen molar-refractivity contribution in [2.24, 2.45) is 0 Å². The molecule has 0 aromatic heterocycles. The topological polar surface area (TPSA) is 46.2 Å². The van der Waals surface area contributed by atoms with Crippen LogP contribution in [-0.2, 0) is 0 Å². The second-order valence-electron chi connectivity index (χ2n) is 4.34. The number of amides is 3. The fourth-order valence-corrected chi connectivity index (χ4v) is 3.85. The number of carbonyl (C=O) groups excluding carboxylic acids is 2. The second-order valence-corrected chi connectivity index (χ2v) is 6.55. The molecule has 3 amide bonds. The van der Waals surface area contributed by atoms with E-state index in [0.29, 0.717) is 4.25 Å². The van der Waals surface area contributed by atoms with Crippen LogP contribution in [0.25, 0.3) is 0 Å². The van der Waals surface area contributed by atoms with E-state index in [1.165, 1.54) is 0 Å². The van der Waals surface area contributed by atoms with Crippen molar-refractivity contribution >= 4 is 19.8 Å². The first-order chi connectivity index (χ1) is 7.58. The smallest absolute Gasteiger partial charge is 0.263 e. The van der Waals surface area contributed by atoms with E-state index in [1.54, 1.807) is 0 Å². The summed E-state index contributed by atoms with van der Waals surface area (Å²) in [4.78, 5) is 23.6. The summed E-state index contributed by atoms with van der Waals surface area (Å²) in [7, 11) is -0.899. The molecule has 1 heterocycles. The average Bonchev–Trinajstić information content (AvgIpc) is 2.47. The van der Waals surface area contributed by atoms with Crippen LogP contribution in [0.1, 0.15) is 39.5 Å². The zero-order chi connectivity index (χ0) is 12.2. The van der Waals surface area contributed by atoms with Crippen molar-refractivity contribution in [1.29, 1.82) is 0 Å². The van der Waals surface area contributed by atoms with Gasteiger partial charge in [0.15, 0.2) is 0 Å². The predicted octanol–water partition coefficient (Wildman–Crippen LogP) is 3.27. The maximum Gasteiger partial charge on any atom is 0.425 e. The Kier molecular flexibility index (Phi) is 4.88. The summed E-state index contributed by atoms with van der Waals surface area (Å²) in [5.41, 5.74) is -0.0489. The Bertz CT molecular complexity index is 273. The molecule has 92 valence electrons. The Balaban J connectivity index is 2.83. The Morgan fingerprint density at radius 1 is 1.12 bits per heavy atom. The van der Waals surface area contributed by atoms with E-state index in [1.807, 2.05) is 6.66 Å². The minimum atomic E-state index is -0.899. The highest BCUT2D eigenvalue weighted by molar-refractivity contribution is 7.70. The third-order valence-corrected chi connectivity index (χ3v) is 5.65.